The fourth-order valence-electron chi connectivity index (χ4n) is 1.08. The third kappa shape index (κ3) is 9.15. The van der Waals surface area contributed by atoms with Crippen molar-refractivity contribution in [2.45, 2.75) is 26.8 Å². The van der Waals surface area contributed by atoms with Gasteiger partial charge >= 0.3 is 0 Å². The highest BCUT2D eigenvalue weighted by molar-refractivity contribution is 5.87. The number of allylic oxidation sites excluding steroid dienone is 1. The predicted molar refractivity (Wildman–Crippen MR) is 60.6 cm³/mol. The van der Waals surface area contributed by atoms with Crippen molar-refractivity contribution in [1.29, 1.82) is 0 Å². The van der Waals surface area contributed by atoms with Crippen molar-refractivity contribution in [3.63, 3.8) is 0 Å². The summed E-state index contributed by atoms with van der Waals surface area (Å²) < 4.78 is 0. The van der Waals surface area contributed by atoms with Crippen LogP contribution in [0.25, 0.3) is 0 Å². The fourth-order valence-corrected chi connectivity index (χ4v) is 1.08. The van der Waals surface area contributed by atoms with Crippen LogP contribution in [0.1, 0.15) is 20.8 Å². The SMILES string of the molecule is CC(=O)/C=C/CN(C)CC(=O)NC(C)C. The van der Waals surface area contributed by atoms with Crippen molar-refractivity contribution in [2.24, 2.45) is 0 Å². The number of nitrogens with one attached hydrogen (secondary N) is 1. The Bertz CT molecular complexity index is 247. The fraction of sp³-hybridized carbons (Fsp3) is 0.636. The van der Waals surface area contributed by atoms with Crippen LogP contribution < -0.4 is 5.32 Å². The number of hydrogen-bond acceptors (Lipinski definition) is 3. The number of nitrogens with zero attached hydrogens (tertiary/aromatic N) is 1. The Hall–Kier alpha value is -1.16. The number of likely N-dealkylation sites (N-methyl/N-ethyl adjacent to an activating group) is 1. The van der Waals surface area contributed by atoms with Crippen molar-refractivity contribution < 1.29 is 9.59 Å². The molecule has 86 valence electrons. The van der Waals surface area contributed by atoms with Gasteiger partial charge in [0.15, 0.2) is 5.78 Å². The highest BCUT2D eigenvalue weighted by atomic mass is 16.2. The lowest BCUT2D eigenvalue weighted by Gasteiger charge is -2.15. The van der Waals surface area contributed by atoms with E-state index in [4.69, 9.17) is 0 Å². The second-order valence-corrected chi connectivity index (χ2v) is 3.93. The van der Waals surface area contributed by atoms with Gasteiger partial charge in [-0.2, -0.15) is 0 Å². The first kappa shape index (κ1) is 13.8. The zero-order valence-corrected chi connectivity index (χ0v) is 9.91. The third-order valence-electron chi connectivity index (χ3n) is 1.63. The molecular weight excluding hydrogens is 192 g/mol. The molecule has 0 spiro atoms. The molecule has 0 saturated carbocycles. The van der Waals surface area contributed by atoms with Crippen molar-refractivity contribution in [2.75, 3.05) is 20.1 Å². The largest absolute Gasteiger partial charge is 0.353 e. The molecule has 4 nitrogen and oxygen atoms in total. The van der Waals surface area contributed by atoms with E-state index in [-0.39, 0.29) is 17.7 Å². The van der Waals surface area contributed by atoms with Crippen LogP contribution in [-0.2, 0) is 9.59 Å². The highest BCUT2D eigenvalue weighted by Gasteiger charge is 2.05. The van der Waals surface area contributed by atoms with E-state index in [1.54, 1.807) is 6.08 Å². The lowest BCUT2D eigenvalue weighted by atomic mass is 10.3. The molecule has 0 aromatic rings. The number of rotatable bonds is 6. The van der Waals surface area contributed by atoms with Gasteiger partial charge in [-0.05, 0) is 33.9 Å². The lowest BCUT2D eigenvalue weighted by Crippen LogP contribution is -2.38. The van der Waals surface area contributed by atoms with Crippen LogP contribution in [0.5, 0.6) is 0 Å². The molecule has 0 aliphatic rings. The zero-order chi connectivity index (χ0) is 11.8. The van der Waals surface area contributed by atoms with Crippen LogP contribution in [0.4, 0.5) is 0 Å². The van der Waals surface area contributed by atoms with Crippen molar-refractivity contribution >= 4 is 11.7 Å². The molecule has 0 aromatic carbocycles. The van der Waals surface area contributed by atoms with Gasteiger partial charge in [0.1, 0.15) is 0 Å². The number of carbonyl (C=O) groups excluding carboxylic acids is 2. The summed E-state index contributed by atoms with van der Waals surface area (Å²) in [5.74, 6) is 0.0266. The van der Waals surface area contributed by atoms with Crippen LogP contribution in [0.15, 0.2) is 12.2 Å². The van der Waals surface area contributed by atoms with Gasteiger partial charge in [0.05, 0.1) is 6.54 Å². The van der Waals surface area contributed by atoms with E-state index in [2.05, 4.69) is 5.32 Å². The number of ketones is 1. The Morgan fingerprint density at radius 3 is 2.47 bits per heavy atom. The van der Waals surface area contributed by atoms with Gasteiger partial charge in [-0.1, -0.05) is 6.08 Å². The molecule has 1 N–H and O–H groups in total. The predicted octanol–water partition coefficient (Wildman–Crippen LogP) is 0.588. The van der Waals surface area contributed by atoms with E-state index in [1.807, 2.05) is 25.8 Å². The monoisotopic (exact) mass is 212 g/mol. The maximum absolute atomic E-state index is 11.3. The van der Waals surface area contributed by atoms with E-state index in [0.717, 1.165) is 0 Å². The molecule has 0 unspecified atom stereocenters. The summed E-state index contributed by atoms with van der Waals surface area (Å²) in [5, 5.41) is 2.80. The molecule has 0 aromatic heterocycles. The number of amides is 1. The van der Waals surface area contributed by atoms with Crippen LogP contribution >= 0.6 is 0 Å². The summed E-state index contributed by atoms with van der Waals surface area (Å²) in [6, 6.07) is 0.165. The quantitative estimate of drug-likeness (QED) is 0.655. The van der Waals surface area contributed by atoms with E-state index in [1.165, 1.54) is 13.0 Å². The average molecular weight is 212 g/mol. The Morgan fingerprint density at radius 2 is 2.00 bits per heavy atom. The molecule has 0 atom stereocenters. The standard InChI is InChI=1S/C11H20N2O2/c1-9(2)12-11(15)8-13(4)7-5-6-10(3)14/h5-6,9H,7-8H2,1-4H3,(H,12,15)/b6-5+. The zero-order valence-electron chi connectivity index (χ0n) is 9.91. The minimum Gasteiger partial charge on any atom is -0.353 e. The third-order valence-corrected chi connectivity index (χ3v) is 1.63. The van der Waals surface area contributed by atoms with E-state index >= 15 is 0 Å². The molecule has 1 amide bonds. The first-order chi connectivity index (χ1) is 6.91. The van der Waals surface area contributed by atoms with Gasteiger partial charge in [-0.3, -0.25) is 14.5 Å². The van der Waals surface area contributed by atoms with Gasteiger partial charge in [-0.15, -0.1) is 0 Å². The summed E-state index contributed by atoms with van der Waals surface area (Å²) in [4.78, 5) is 23.8. The molecule has 15 heavy (non-hydrogen) atoms. The highest BCUT2D eigenvalue weighted by Crippen LogP contribution is 1.86. The molecule has 0 aliphatic heterocycles. The van der Waals surface area contributed by atoms with Crippen LogP contribution in [-0.4, -0.2) is 42.8 Å². The summed E-state index contributed by atoms with van der Waals surface area (Å²) in [7, 11) is 1.84. The lowest BCUT2D eigenvalue weighted by molar-refractivity contribution is -0.122. The normalized spacial score (nSPS) is 11.3. The molecule has 4 heteroatoms. The van der Waals surface area contributed by atoms with Crippen LogP contribution in [0.2, 0.25) is 0 Å². The Balaban J connectivity index is 3.78. The Morgan fingerprint density at radius 1 is 1.40 bits per heavy atom. The molecule has 0 fully saturated rings. The van der Waals surface area contributed by atoms with Gasteiger partial charge in [0.2, 0.25) is 5.91 Å². The van der Waals surface area contributed by atoms with E-state index in [0.29, 0.717) is 13.1 Å². The van der Waals surface area contributed by atoms with Crippen molar-refractivity contribution in [3.8, 4) is 0 Å². The second-order valence-electron chi connectivity index (χ2n) is 3.93. The van der Waals surface area contributed by atoms with Crippen LogP contribution in [0, 0.1) is 0 Å². The summed E-state index contributed by atoms with van der Waals surface area (Å²) >= 11 is 0. The minimum absolute atomic E-state index is 0.00345. The molecule has 0 saturated heterocycles. The number of carbonyl (C=O) groups is 2. The van der Waals surface area contributed by atoms with Crippen molar-refractivity contribution in [3.05, 3.63) is 12.2 Å². The molecule has 0 heterocycles. The van der Waals surface area contributed by atoms with E-state index < -0.39 is 0 Å². The molecule has 0 bridgehead atoms. The Labute approximate surface area is 91.3 Å². The maximum Gasteiger partial charge on any atom is 0.234 e. The minimum atomic E-state index is 0.00345. The Kier molecular flexibility index (Phi) is 6.62. The molecular formula is C11H20N2O2. The first-order valence-corrected chi connectivity index (χ1v) is 5.07. The number of hydrogen-bond donors (Lipinski definition) is 1. The van der Waals surface area contributed by atoms with Crippen LogP contribution in [0.3, 0.4) is 0 Å². The molecule has 0 aliphatic carbocycles. The van der Waals surface area contributed by atoms with Crippen molar-refractivity contribution in [1.82, 2.24) is 10.2 Å². The van der Waals surface area contributed by atoms with Gasteiger partial charge in [-0.25, -0.2) is 0 Å². The maximum atomic E-state index is 11.3. The first-order valence-electron chi connectivity index (χ1n) is 5.07. The summed E-state index contributed by atoms with van der Waals surface area (Å²) in [5.41, 5.74) is 0. The smallest absolute Gasteiger partial charge is 0.234 e. The molecule has 0 rings (SSSR count). The second kappa shape index (κ2) is 7.17. The van der Waals surface area contributed by atoms with Gasteiger partial charge < -0.3 is 5.32 Å². The summed E-state index contributed by atoms with van der Waals surface area (Å²) in [6.07, 6.45) is 3.27. The van der Waals surface area contributed by atoms with Gasteiger partial charge in [0, 0.05) is 12.6 Å². The average Bonchev–Trinajstić information content (AvgIpc) is 2.00. The topological polar surface area (TPSA) is 49.4 Å². The van der Waals surface area contributed by atoms with Gasteiger partial charge in [0.25, 0.3) is 0 Å². The van der Waals surface area contributed by atoms with E-state index in [9.17, 15) is 9.59 Å². The summed E-state index contributed by atoms with van der Waals surface area (Å²) in [6.45, 7) is 6.30. The molecule has 0 radical (unpaired) electrons.